The molecule has 1 aromatic heterocycles. The van der Waals surface area contributed by atoms with Gasteiger partial charge < -0.3 is 0 Å². The van der Waals surface area contributed by atoms with Crippen molar-refractivity contribution >= 4 is 11.9 Å². The summed E-state index contributed by atoms with van der Waals surface area (Å²) in [5.74, 6) is 0.921. The van der Waals surface area contributed by atoms with Crippen LogP contribution in [0, 0.1) is 0 Å². The van der Waals surface area contributed by atoms with E-state index in [4.69, 9.17) is 0 Å². The second-order valence-electron chi connectivity index (χ2n) is 2.56. The lowest BCUT2D eigenvalue weighted by Gasteiger charge is -1.98. The van der Waals surface area contributed by atoms with Gasteiger partial charge in [-0.2, -0.15) is 4.09 Å². The molecule has 1 aromatic carbocycles. The molecule has 4 heteroatoms. The van der Waals surface area contributed by atoms with Crippen LogP contribution in [0.15, 0.2) is 43.0 Å². The number of aromatic nitrogens is 3. The van der Waals surface area contributed by atoms with Crippen molar-refractivity contribution in [3.8, 4) is 0 Å². The Bertz CT molecular complexity index is 344. The molecule has 13 heavy (non-hydrogen) atoms. The van der Waals surface area contributed by atoms with Crippen LogP contribution in [0.2, 0.25) is 0 Å². The third-order valence-electron chi connectivity index (χ3n) is 1.60. The molecule has 0 amide bonds. The summed E-state index contributed by atoms with van der Waals surface area (Å²) >= 11 is 1.62. The van der Waals surface area contributed by atoms with Gasteiger partial charge >= 0.3 is 0 Å². The molecule has 2 rings (SSSR count). The van der Waals surface area contributed by atoms with Gasteiger partial charge in [-0.3, -0.25) is 0 Å². The van der Waals surface area contributed by atoms with E-state index in [-0.39, 0.29) is 0 Å². The lowest BCUT2D eigenvalue weighted by atomic mass is 10.2. The number of benzene rings is 1. The molecular weight excluding hydrogens is 182 g/mol. The minimum atomic E-state index is 0.921. The molecule has 2 aromatic rings. The average molecular weight is 191 g/mol. The van der Waals surface area contributed by atoms with E-state index in [2.05, 4.69) is 22.2 Å². The first kappa shape index (κ1) is 8.31. The van der Waals surface area contributed by atoms with Gasteiger partial charge in [0.1, 0.15) is 12.7 Å². The van der Waals surface area contributed by atoms with Crippen molar-refractivity contribution in [3.63, 3.8) is 0 Å². The van der Waals surface area contributed by atoms with E-state index in [9.17, 15) is 0 Å². The first-order chi connectivity index (χ1) is 6.45. The van der Waals surface area contributed by atoms with Crippen molar-refractivity contribution < 1.29 is 0 Å². The fourth-order valence-corrected chi connectivity index (χ4v) is 1.68. The molecule has 0 unspecified atom stereocenters. The van der Waals surface area contributed by atoms with E-state index in [1.807, 2.05) is 18.2 Å². The van der Waals surface area contributed by atoms with Crippen LogP contribution in [0.3, 0.4) is 0 Å². The molecule has 0 radical (unpaired) electrons. The highest BCUT2D eigenvalue weighted by Gasteiger charge is 1.93. The predicted molar refractivity (Wildman–Crippen MR) is 53.2 cm³/mol. The lowest BCUT2D eigenvalue weighted by Crippen LogP contribution is -1.88. The van der Waals surface area contributed by atoms with E-state index in [1.54, 1.807) is 22.4 Å². The second-order valence-corrected chi connectivity index (χ2v) is 3.48. The second kappa shape index (κ2) is 4.09. The number of rotatable bonds is 3. The number of hydrogen-bond acceptors (Lipinski definition) is 3. The summed E-state index contributed by atoms with van der Waals surface area (Å²) in [5, 5.41) is 4.00. The summed E-state index contributed by atoms with van der Waals surface area (Å²) < 4.78 is 1.76. The Morgan fingerprint density at radius 3 is 2.77 bits per heavy atom. The highest BCUT2D eigenvalue weighted by molar-refractivity contribution is 7.96. The van der Waals surface area contributed by atoms with Gasteiger partial charge in [0.15, 0.2) is 0 Å². The highest BCUT2D eigenvalue weighted by atomic mass is 32.2. The van der Waals surface area contributed by atoms with Crippen molar-refractivity contribution in [2.75, 3.05) is 0 Å². The highest BCUT2D eigenvalue weighted by Crippen LogP contribution is 2.11. The molecule has 1 heterocycles. The molecular formula is C9H9N3S. The molecule has 0 N–H and O–H groups in total. The Morgan fingerprint density at radius 2 is 2.08 bits per heavy atom. The Balaban J connectivity index is 1.94. The average Bonchev–Trinajstić information content (AvgIpc) is 2.69. The van der Waals surface area contributed by atoms with Gasteiger partial charge in [0.2, 0.25) is 0 Å². The summed E-state index contributed by atoms with van der Waals surface area (Å²) in [6.45, 7) is 0. The van der Waals surface area contributed by atoms with Gasteiger partial charge in [0, 0.05) is 5.75 Å². The van der Waals surface area contributed by atoms with E-state index in [0.29, 0.717) is 0 Å². The zero-order valence-corrected chi connectivity index (χ0v) is 7.81. The SMILES string of the molecule is c1ccc(CSn2cncn2)cc1. The van der Waals surface area contributed by atoms with Gasteiger partial charge in [-0.25, -0.2) is 4.98 Å². The summed E-state index contributed by atoms with van der Waals surface area (Å²) in [5.41, 5.74) is 1.29. The third-order valence-corrected chi connectivity index (χ3v) is 2.52. The Labute approximate surface area is 80.9 Å². The topological polar surface area (TPSA) is 30.7 Å². The maximum absolute atomic E-state index is 4.00. The summed E-state index contributed by atoms with van der Waals surface area (Å²) in [6, 6.07) is 10.3. The minimum absolute atomic E-state index is 0.921. The molecule has 0 aliphatic rings. The first-order valence-corrected chi connectivity index (χ1v) is 4.91. The van der Waals surface area contributed by atoms with E-state index in [0.717, 1.165) is 5.75 Å². The van der Waals surface area contributed by atoms with Crippen molar-refractivity contribution in [2.45, 2.75) is 5.75 Å². The number of hydrogen-bond donors (Lipinski definition) is 0. The molecule has 0 spiro atoms. The van der Waals surface area contributed by atoms with E-state index in [1.165, 1.54) is 11.9 Å². The van der Waals surface area contributed by atoms with Crippen LogP contribution in [0.5, 0.6) is 0 Å². The van der Waals surface area contributed by atoms with Gasteiger partial charge in [-0.1, -0.05) is 30.3 Å². The standard InChI is InChI=1S/C9H9N3S/c1-2-4-9(5-3-1)6-13-12-8-10-7-11-12/h1-5,7-8H,6H2. The molecule has 0 saturated heterocycles. The van der Waals surface area contributed by atoms with Crippen LogP contribution in [-0.2, 0) is 5.75 Å². The zero-order chi connectivity index (χ0) is 8.93. The van der Waals surface area contributed by atoms with Crippen LogP contribution < -0.4 is 0 Å². The van der Waals surface area contributed by atoms with Crippen LogP contribution in [0.1, 0.15) is 5.56 Å². The molecule has 0 atom stereocenters. The molecule has 66 valence electrons. The minimum Gasteiger partial charge on any atom is -0.222 e. The van der Waals surface area contributed by atoms with Crippen molar-refractivity contribution in [2.24, 2.45) is 0 Å². The fourth-order valence-electron chi connectivity index (χ4n) is 0.979. The van der Waals surface area contributed by atoms with Gasteiger partial charge in [0.05, 0.1) is 0 Å². The normalized spacial score (nSPS) is 10.2. The molecule has 0 fully saturated rings. The van der Waals surface area contributed by atoms with Crippen LogP contribution in [0.4, 0.5) is 0 Å². The monoisotopic (exact) mass is 191 g/mol. The largest absolute Gasteiger partial charge is 0.222 e. The van der Waals surface area contributed by atoms with Gasteiger partial charge in [-0.05, 0) is 17.5 Å². The van der Waals surface area contributed by atoms with Crippen LogP contribution >= 0.6 is 11.9 Å². The van der Waals surface area contributed by atoms with Crippen molar-refractivity contribution in [1.82, 2.24) is 14.2 Å². The maximum atomic E-state index is 4.00. The predicted octanol–water partition coefficient (Wildman–Crippen LogP) is 1.97. The quantitative estimate of drug-likeness (QED) is 0.743. The summed E-state index contributed by atoms with van der Waals surface area (Å²) in [4.78, 5) is 3.87. The van der Waals surface area contributed by atoms with Gasteiger partial charge in [-0.15, -0.1) is 5.10 Å². The van der Waals surface area contributed by atoms with E-state index >= 15 is 0 Å². The fraction of sp³-hybridized carbons (Fsp3) is 0.111. The maximum Gasteiger partial charge on any atom is 0.138 e. The number of nitrogens with zero attached hydrogens (tertiary/aromatic N) is 3. The Morgan fingerprint density at radius 1 is 1.23 bits per heavy atom. The van der Waals surface area contributed by atoms with Crippen molar-refractivity contribution in [3.05, 3.63) is 48.5 Å². The molecule has 0 aliphatic carbocycles. The summed E-state index contributed by atoms with van der Waals surface area (Å²) in [6.07, 6.45) is 3.24. The lowest BCUT2D eigenvalue weighted by molar-refractivity contribution is 1.01. The molecule has 0 bridgehead atoms. The summed E-state index contributed by atoms with van der Waals surface area (Å²) in [7, 11) is 0. The van der Waals surface area contributed by atoms with Crippen LogP contribution in [-0.4, -0.2) is 14.2 Å². The van der Waals surface area contributed by atoms with Crippen molar-refractivity contribution in [1.29, 1.82) is 0 Å². The third kappa shape index (κ3) is 2.32. The smallest absolute Gasteiger partial charge is 0.138 e. The molecule has 3 nitrogen and oxygen atoms in total. The zero-order valence-electron chi connectivity index (χ0n) is 7.00. The van der Waals surface area contributed by atoms with Gasteiger partial charge in [0.25, 0.3) is 0 Å². The Kier molecular flexibility index (Phi) is 2.62. The molecule has 0 saturated carbocycles. The first-order valence-electron chi connectivity index (χ1n) is 3.97. The van der Waals surface area contributed by atoms with E-state index < -0.39 is 0 Å². The molecule has 0 aliphatic heterocycles. The van der Waals surface area contributed by atoms with Crippen LogP contribution in [0.25, 0.3) is 0 Å². The Hall–Kier alpha value is -1.29.